The molecular formula is C23H27N5O. The summed E-state index contributed by atoms with van der Waals surface area (Å²) < 4.78 is 0. The molecule has 3 aromatic rings. The Bertz CT molecular complexity index is 988. The van der Waals surface area contributed by atoms with Gasteiger partial charge in [0.2, 0.25) is 5.91 Å². The summed E-state index contributed by atoms with van der Waals surface area (Å²) in [4.78, 5) is 28.1. The zero-order valence-corrected chi connectivity index (χ0v) is 17.0. The van der Waals surface area contributed by atoms with E-state index in [1.54, 1.807) is 12.4 Å². The third-order valence-corrected chi connectivity index (χ3v) is 5.71. The van der Waals surface area contributed by atoms with Crippen LogP contribution in [0.5, 0.6) is 0 Å². The maximum atomic E-state index is 12.9. The molecule has 1 amide bonds. The minimum Gasteiger partial charge on any atom is -0.369 e. The number of piperidine rings is 1. The molecular weight excluding hydrogens is 362 g/mol. The van der Waals surface area contributed by atoms with Gasteiger partial charge in [0.15, 0.2) is 5.65 Å². The average molecular weight is 390 g/mol. The van der Waals surface area contributed by atoms with E-state index in [0.29, 0.717) is 12.2 Å². The Hall–Kier alpha value is -3.02. The second-order valence-corrected chi connectivity index (χ2v) is 7.70. The number of carbonyl (C=O) groups is 1. The normalized spacial score (nSPS) is 17.9. The second-order valence-electron chi connectivity index (χ2n) is 7.70. The van der Waals surface area contributed by atoms with Gasteiger partial charge in [-0.3, -0.25) is 9.78 Å². The number of anilines is 1. The van der Waals surface area contributed by atoms with Crippen molar-refractivity contribution in [1.29, 1.82) is 0 Å². The number of nitrogens with one attached hydrogen (secondary N) is 1. The molecule has 4 rings (SSSR count). The van der Waals surface area contributed by atoms with Crippen molar-refractivity contribution in [3.05, 3.63) is 60.0 Å². The summed E-state index contributed by atoms with van der Waals surface area (Å²) in [6, 6.07) is 10.5. The van der Waals surface area contributed by atoms with Crippen LogP contribution >= 0.6 is 0 Å². The first kappa shape index (κ1) is 19.3. The van der Waals surface area contributed by atoms with Crippen molar-refractivity contribution in [1.82, 2.24) is 20.3 Å². The van der Waals surface area contributed by atoms with E-state index >= 15 is 0 Å². The van der Waals surface area contributed by atoms with Crippen molar-refractivity contribution in [2.45, 2.75) is 39.2 Å². The molecule has 29 heavy (non-hydrogen) atoms. The van der Waals surface area contributed by atoms with Gasteiger partial charge in [-0.15, -0.1) is 0 Å². The maximum absolute atomic E-state index is 12.9. The molecule has 1 saturated heterocycles. The summed E-state index contributed by atoms with van der Waals surface area (Å²) in [7, 11) is 0. The molecule has 6 nitrogen and oxygen atoms in total. The summed E-state index contributed by atoms with van der Waals surface area (Å²) in [6.45, 7) is 5.81. The molecule has 2 aromatic heterocycles. The van der Waals surface area contributed by atoms with E-state index in [4.69, 9.17) is 0 Å². The van der Waals surface area contributed by atoms with Crippen LogP contribution in [0.2, 0.25) is 0 Å². The molecule has 1 aliphatic rings. The van der Waals surface area contributed by atoms with Gasteiger partial charge in [-0.2, -0.15) is 0 Å². The quantitative estimate of drug-likeness (QED) is 0.721. The Labute approximate surface area is 171 Å². The number of benzene rings is 1. The largest absolute Gasteiger partial charge is 0.369 e. The van der Waals surface area contributed by atoms with Crippen molar-refractivity contribution in [3.63, 3.8) is 0 Å². The zero-order chi connectivity index (χ0) is 20.2. The van der Waals surface area contributed by atoms with E-state index in [1.165, 1.54) is 5.56 Å². The van der Waals surface area contributed by atoms with Gasteiger partial charge in [-0.25, -0.2) is 9.97 Å². The van der Waals surface area contributed by atoms with Crippen molar-refractivity contribution in [3.8, 4) is 0 Å². The van der Waals surface area contributed by atoms with Crippen LogP contribution in [-0.2, 0) is 11.2 Å². The number of nitrogens with zero attached hydrogens (tertiary/aromatic N) is 4. The van der Waals surface area contributed by atoms with Crippen LogP contribution in [0.1, 0.15) is 43.9 Å². The van der Waals surface area contributed by atoms with E-state index in [-0.39, 0.29) is 17.9 Å². The first-order valence-corrected chi connectivity index (χ1v) is 10.3. The number of amides is 1. The zero-order valence-electron chi connectivity index (χ0n) is 17.0. The van der Waals surface area contributed by atoms with Gasteiger partial charge in [-0.1, -0.05) is 31.2 Å². The van der Waals surface area contributed by atoms with Crippen molar-refractivity contribution >= 4 is 22.8 Å². The lowest BCUT2D eigenvalue weighted by molar-refractivity contribution is -0.125. The van der Waals surface area contributed by atoms with Crippen LogP contribution in [0.3, 0.4) is 0 Å². The number of aromatic nitrogens is 3. The molecule has 1 aromatic carbocycles. The van der Waals surface area contributed by atoms with Gasteiger partial charge in [0, 0.05) is 25.5 Å². The molecule has 1 N–H and O–H groups in total. The lowest BCUT2D eigenvalue weighted by Gasteiger charge is -2.34. The molecule has 0 saturated carbocycles. The number of hydrogen-bond acceptors (Lipinski definition) is 5. The molecule has 150 valence electrons. The molecule has 0 radical (unpaired) electrons. The second kappa shape index (κ2) is 8.55. The van der Waals surface area contributed by atoms with Crippen molar-refractivity contribution in [2.24, 2.45) is 5.92 Å². The highest BCUT2D eigenvalue weighted by Gasteiger charge is 2.27. The van der Waals surface area contributed by atoms with E-state index in [1.807, 2.05) is 19.2 Å². The Morgan fingerprint density at radius 3 is 2.79 bits per heavy atom. The lowest BCUT2D eigenvalue weighted by atomic mass is 9.96. The summed E-state index contributed by atoms with van der Waals surface area (Å²) in [5, 5.41) is 3.20. The number of fused-ring (bicyclic) bond motifs is 1. The fraction of sp³-hybridized carbons (Fsp3) is 0.391. The third kappa shape index (κ3) is 4.36. The Kier molecular flexibility index (Phi) is 5.69. The molecule has 0 unspecified atom stereocenters. The smallest absolute Gasteiger partial charge is 0.225 e. The monoisotopic (exact) mass is 389 g/mol. The first-order valence-electron chi connectivity index (χ1n) is 10.3. The van der Waals surface area contributed by atoms with Crippen LogP contribution in [0.15, 0.2) is 48.9 Å². The third-order valence-electron chi connectivity index (χ3n) is 5.71. The van der Waals surface area contributed by atoms with Crippen molar-refractivity contribution < 1.29 is 4.79 Å². The molecule has 0 spiro atoms. The van der Waals surface area contributed by atoms with Crippen LogP contribution < -0.4 is 10.2 Å². The highest BCUT2D eigenvalue weighted by molar-refractivity contribution is 5.80. The predicted molar refractivity (Wildman–Crippen MR) is 115 cm³/mol. The molecule has 2 atom stereocenters. The van der Waals surface area contributed by atoms with Crippen LogP contribution in [-0.4, -0.2) is 33.9 Å². The number of carbonyl (C=O) groups excluding carboxylic acids is 1. The summed E-state index contributed by atoms with van der Waals surface area (Å²) >= 11 is 0. The molecule has 0 bridgehead atoms. The van der Waals surface area contributed by atoms with Gasteiger partial charge in [0.05, 0.1) is 23.8 Å². The molecule has 3 heterocycles. The topological polar surface area (TPSA) is 71.0 Å². The van der Waals surface area contributed by atoms with E-state index in [2.05, 4.69) is 56.4 Å². The van der Waals surface area contributed by atoms with Crippen LogP contribution in [0.4, 0.5) is 5.69 Å². The van der Waals surface area contributed by atoms with E-state index < -0.39 is 0 Å². The van der Waals surface area contributed by atoms with E-state index in [0.717, 1.165) is 42.6 Å². The van der Waals surface area contributed by atoms with Gasteiger partial charge < -0.3 is 10.2 Å². The highest BCUT2D eigenvalue weighted by atomic mass is 16.2. The fourth-order valence-corrected chi connectivity index (χ4v) is 3.90. The Morgan fingerprint density at radius 1 is 1.21 bits per heavy atom. The summed E-state index contributed by atoms with van der Waals surface area (Å²) in [6.07, 6.45) is 8.06. The number of rotatable bonds is 5. The minimum atomic E-state index is -0.0290. The number of pyridine rings is 1. The van der Waals surface area contributed by atoms with Crippen LogP contribution in [0, 0.1) is 5.92 Å². The minimum absolute atomic E-state index is 0.00129. The van der Waals surface area contributed by atoms with Gasteiger partial charge in [-0.05, 0) is 43.4 Å². The number of aryl methyl sites for hydroxylation is 1. The summed E-state index contributed by atoms with van der Waals surface area (Å²) in [5.41, 5.74) is 4.87. The predicted octanol–water partition coefficient (Wildman–Crippen LogP) is 3.68. The maximum Gasteiger partial charge on any atom is 0.225 e. The Balaban J connectivity index is 1.42. The molecule has 6 heteroatoms. The number of hydrogen-bond donors (Lipinski definition) is 1. The molecule has 1 fully saturated rings. The highest BCUT2D eigenvalue weighted by Crippen LogP contribution is 2.25. The Morgan fingerprint density at radius 2 is 2.00 bits per heavy atom. The van der Waals surface area contributed by atoms with E-state index in [9.17, 15) is 4.79 Å². The van der Waals surface area contributed by atoms with Gasteiger partial charge in [0.1, 0.15) is 5.52 Å². The average Bonchev–Trinajstić information content (AvgIpc) is 2.78. The van der Waals surface area contributed by atoms with Crippen molar-refractivity contribution in [2.75, 3.05) is 18.0 Å². The molecule has 1 aliphatic heterocycles. The fourth-order valence-electron chi connectivity index (χ4n) is 3.90. The van der Waals surface area contributed by atoms with Gasteiger partial charge in [0.25, 0.3) is 0 Å². The lowest BCUT2D eigenvalue weighted by Crippen LogP contribution is -2.43. The standard InChI is InChI=1S/C23H27N5O/c1-3-17-6-8-18(9-7-17)16(2)27-23(29)19-5-4-12-28(15-19)20-13-21-22(26-14-20)25-11-10-24-21/h6-11,13-14,16,19H,3-5,12,15H2,1-2H3,(H,27,29)/t16-,19-/m1/s1. The van der Waals surface area contributed by atoms with Gasteiger partial charge >= 0.3 is 0 Å². The SMILES string of the molecule is CCc1ccc([C@@H](C)NC(=O)[C@@H]2CCCN(c3cnc4nccnc4c3)C2)cc1. The van der Waals surface area contributed by atoms with Crippen LogP contribution in [0.25, 0.3) is 11.2 Å². The first-order chi connectivity index (χ1) is 14.1. The molecule has 0 aliphatic carbocycles. The summed E-state index contributed by atoms with van der Waals surface area (Å²) in [5.74, 6) is 0.0916.